The predicted molar refractivity (Wildman–Crippen MR) is 70.4 cm³/mol. The quantitative estimate of drug-likeness (QED) is 0.353. The highest BCUT2D eigenvalue weighted by Crippen LogP contribution is 2.37. The lowest BCUT2D eigenvalue weighted by molar-refractivity contribution is -0.138. The minimum Gasteiger partial charge on any atom is -0.463 e. The number of ether oxygens (including phenoxy) is 2. The van der Waals surface area contributed by atoms with Crippen LogP contribution in [0.15, 0.2) is 29.8 Å². The van der Waals surface area contributed by atoms with Crippen molar-refractivity contribution in [3.63, 3.8) is 0 Å². The van der Waals surface area contributed by atoms with E-state index in [4.69, 9.17) is 9.47 Å². The van der Waals surface area contributed by atoms with Crippen molar-refractivity contribution in [2.75, 3.05) is 6.61 Å². The lowest BCUT2D eigenvalue weighted by Gasteiger charge is -2.03. The summed E-state index contributed by atoms with van der Waals surface area (Å²) in [5.74, 6) is -0.318. The first-order chi connectivity index (χ1) is 9.15. The Labute approximate surface area is 112 Å². The summed E-state index contributed by atoms with van der Waals surface area (Å²) < 4.78 is 10.1. The van der Waals surface area contributed by atoms with Crippen molar-refractivity contribution in [1.29, 1.82) is 0 Å². The second kappa shape index (κ2) is 5.80. The number of hydrogen-bond donors (Lipinski definition) is 0. The van der Waals surface area contributed by atoms with Gasteiger partial charge in [-0.05, 0) is 37.1 Å². The van der Waals surface area contributed by atoms with Gasteiger partial charge in [0.1, 0.15) is 12.2 Å². The molecule has 2 atom stereocenters. The van der Waals surface area contributed by atoms with E-state index < -0.39 is 0 Å². The standard InChI is InChI=1S/C15H16O4/c1-3-18-15(17)10(2)7-11-5-4-6-12(8-11)14-13(9-16)19-14/h4-9,13-14H,3H2,1-2H3/b10-7+/t13-,14-/m1/s1. The van der Waals surface area contributed by atoms with E-state index >= 15 is 0 Å². The van der Waals surface area contributed by atoms with Gasteiger partial charge in [-0.3, -0.25) is 0 Å². The molecule has 2 rings (SSSR count). The molecule has 1 aromatic carbocycles. The maximum Gasteiger partial charge on any atom is 0.333 e. The Kier molecular flexibility index (Phi) is 4.12. The van der Waals surface area contributed by atoms with Crippen molar-refractivity contribution in [2.24, 2.45) is 0 Å². The Hall–Kier alpha value is -1.94. The lowest BCUT2D eigenvalue weighted by Crippen LogP contribution is -2.04. The molecule has 0 unspecified atom stereocenters. The first kappa shape index (κ1) is 13.5. The molecule has 0 N–H and O–H groups in total. The Morgan fingerprint density at radius 3 is 2.89 bits per heavy atom. The number of esters is 1. The molecule has 0 saturated carbocycles. The average Bonchev–Trinajstić information content (AvgIpc) is 3.19. The van der Waals surface area contributed by atoms with Crippen LogP contribution >= 0.6 is 0 Å². The molecule has 0 aromatic heterocycles. The van der Waals surface area contributed by atoms with Crippen molar-refractivity contribution < 1.29 is 19.1 Å². The summed E-state index contributed by atoms with van der Waals surface area (Å²) in [6.45, 7) is 3.85. The van der Waals surface area contributed by atoms with Gasteiger partial charge in [0.2, 0.25) is 0 Å². The summed E-state index contributed by atoms with van der Waals surface area (Å²) >= 11 is 0. The molecule has 100 valence electrons. The maximum absolute atomic E-state index is 11.5. The van der Waals surface area contributed by atoms with Crippen LogP contribution in [0.25, 0.3) is 6.08 Å². The van der Waals surface area contributed by atoms with E-state index in [-0.39, 0.29) is 18.2 Å². The SMILES string of the molecule is CCOC(=O)/C(C)=C/c1cccc([C@H]2O[C@@H]2C=O)c1. The van der Waals surface area contributed by atoms with Crippen LogP contribution in [0.2, 0.25) is 0 Å². The van der Waals surface area contributed by atoms with Crippen LogP contribution < -0.4 is 0 Å². The van der Waals surface area contributed by atoms with Gasteiger partial charge in [-0.15, -0.1) is 0 Å². The molecule has 1 fully saturated rings. The summed E-state index contributed by atoms with van der Waals surface area (Å²) in [6.07, 6.45) is 2.09. The third kappa shape index (κ3) is 3.29. The van der Waals surface area contributed by atoms with E-state index in [0.717, 1.165) is 17.4 Å². The molecule has 4 heteroatoms. The summed E-state index contributed by atoms with van der Waals surface area (Å²) in [7, 11) is 0. The van der Waals surface area contributed by atoms with E-state index in [2.05, 4.69) is 0 Å². The van der Waals surface area contributed by atoms with Crippen molar-refractivity contribution in [3.05, 3.63) is 41.0 Å². The second-order valence-electron chi connectivity index (χ2n) is 4.38. The topological polar surface area (TPSA) is 55.9 Å². The number of rotatable bonds is 5. The molecular formula is C15H16O4. The van der Waals surface area contributed by atoms with E-state index in [0.29, 0.717) is 12.2 Å². The summed E-state index contributed by atoms with van der Waals surface area (Å²) in [4.78, 5) is 22.1. The van der Waals surface area contributed by atoms with Crippen LogP contribution in [0.4, 0.5) is 0 Å². The molecule has 0 spiro atoms. The normalized spacial score (nSPS) is 21.9. The molecule has 4 nitrogen and oxygen atoms in total. The molecule has 1 aliphatic heterocycles. The molecule has 1 aromatic rings. The van der Waals surface area contributed by atoms with Crippen molar-refractivity contribution in [3.8, 4) is 0 Å². The Bertz CT molecular complexity index is 519. The van der Waals surface area contributed by atoms with Crippen molar-refractivity contribution in [2.45, 2.75) is 26.1 Å². The van der Waals surface area contributed by atoms with Crippen LogP contribution in [0.1, 0.15) is 31.1 Å². The molecule has 1 heterocycles. The van der Waals surface area contributed by atoms with E-state index in [1.165, 1.54) is 0 Å². The zero-order chi connectivity index (χ0) is 13.8. The largest absolute Gasteiger partial charge is 0.463 e. The molecule has 0 bridgehead atoms. The predicted octanol–water partition coefficient (Wildman–Crippen LogP) is 2.29. The van der Waals surface area contributed by atoms with Crippen LogP contribution in [-0.4, -0.2) is 25.0 Å². The molecule has 0 radical (unpaired) electrons. The fraction of sp³-hybridized carbons (Fsp3) is 0.333. The van der Waals surface area contributed by atoms with Gasteiger partial charge < -0.3 is 14.3 Å². The number of carbonyl (C=O) groups is 2. The van der Waals surface area contributed by atoms with Gasteiger partial charge in [-0.1, -0.05) is 18.2 Å². The minimum absolute atomic E-state index is 0.145. The third-order valence-corrected chi connectivity index (χ3v) is 2.88. The Morgan fingerprint density at radius 2 is 2.26 bits per heavy atom. The monoisotopic (exact) mass is 260 g/mol. The highest BCUT2D eigenvalue weighted by molar-refractivity contribution is 5.93. The number of epoxide rings is 1. The summed E-state index contributed by atoms with van der Waals surface area (Å²) in [6, 6.07) is 7.59. The van der Waals surface area contributed by atoms with Crippen LogP contribution in [0, 0.1) is 0 Å². The molecule has 1 aliphatic rings. The number of benzene rings is 1. The molecular weight excluding hydrogens is 244 g/mol. The van der Waals surface area contributed by atoms with Gasteiger partial charge in [0, 0.05) is 5.57 Å². The minimum atomic E-state index is -0.328. The average molecular weight is 260 g/mol. The fourth-order valence-corrected chi connectivity index (χ4v) is 1.88. The highest BCUT2D eigenvalue weighted by Gasteiger charge is 2.39. The first-order valence-corrected chi connectivity index (χ1v) is 6.22. The number of carbonyl (C=O) groups excluding carboxylic acids is 2. The molecule has 0 amide bonds. The number of aldehydes is 1. The lowest BCUT2D eigenvalue weighted by atomic mass is 10.0. The highest BCUT2D eigenvalue weighted by atomic mass is 16.6. The van der Waals surface area contributed by atoms with Crippen LogP contribution in [-0.2, 0) is 19.1 Å². The maximum atomic E-state index is 11.5. The number of hydrogen-bond acceptors (Lipinski definition) is 4. The zero-order valence-electron chi connectivity index (χ0n) is 11.0. The van der Waals surface area contributed by atoms with Gasteiger partial charge in [-0.25, -0.2) is 4.79 Å². The zero-order valence-corrected chi connectivity index (χ0v) is 11.0. The van der Waals surface area contributed by atoms with Gasteiger partial charge in [0.05, 0.1) is 6.61 Å². The van der Waals surface area contributed by atoms with Crippen molar-refractivity contribution in [1.82, 2.24) is 0 Å². The van der Waals surface area contributed by atoms with E-state index in [9.17, 15) is 9.59 Å². The van der Waals surface area contributed by atoms with E-state index in [1.807, 2.05) is 24.3 Å². The van der Waals surface area contributed by atoms with Gasteiger partial charge in [0.15, 0.2) is 6.29 Å². The van der Waals surface area contributed by atoms with Crippen LogP contribution in [0.3, 0.4) is 0 Å². The molecule has 1 saturated heterocycles. The first-order valence-electron chi connectivity index (χ1n) is 6.22. The van der Waals surface area contributed by atoms with Gasteiger partial charge >= 0.3 is 5.97 Å². The summed E-state index contributed by atoms with van der Waals surface area (Å²) in [5, 5.41) is 0. The smallest absolute Gasteiger partial charge is 0.333 e. The van der Waals surface area contributed by atoms with Crippen molar-refractivity contribution >= 4 is 18.3 Å². The molecule has 19 heavy (non-hydrogen) atoms. The Morgan fingerprint density at radius 1 is 1.47 bits per heavy atom. The van der Waals surface area contributed by atoms with Crippen LogP contribution in [0.5, 0.6) is 0 Å². The van der Waals surface area contributed by atoms with Gasteiger partial charge in [0.25, 0.3) is 0 Å². The van der Waals surface area contributed by atoms with Gasteiger partial charge in [-0.2, -0.15) is 0 Å². The fourth-order valence-electron chi connectivity index (χ4n) is 1.88. The Balaban J connectivity index is 2.13. The third-order valence-electron chi connectivity index (χ3n) is 2.88. The van der Waals surface area contributed by atoms with E-state index in [1.54, 1.807) is 19.9 Å². The second-order valence-corrected chi connectivity index (χ2v) is 4.38. The molecule has 0 aliphatic carbocycles. The summed E-state index contributed by atoms with van der Waals surface area (Å²) in [5.41, 5.74) is 2.38.